The molecule has 3 heteroatoms. The third kappa shape index (κ3) is 2.48. The Morgan fingerprint density at radius 1 is 1.55 bits per heavy atom. The van der Waals surface area contributed by atoms with Crippen molar-refractivity contribution in [1.82, 2.24) is 0 Å². The van der Waals surface area contributed by atoms with Crippen LogP contribution in [0.15, 0.2) is 0 Å². The summed E-state index contributed by atoms with van der Waals surface area (Å²) in [6.07, 6.45) is 1.09. The molecule has 0 aliphatic rings. The van der Waals surface area contributed by atoms with Crippen molar-refractivity contribution in [2.45, 2.75) is 38.8 Å². The minimum Gasteiger partial charge on any atom is -0.467 e. The highest BCUT2D eigenvalue weighted by Crippen LogP contribution is 2.23. The highest BCUT2D eigenvalue weighted by atomic mass is 19.1. The van der Waals surface area contributed by atoms with E-state index in [2.05, 4.69) is 4.74 Å². The third-order valence-electron chi connectivity index (χ3n) is 1.76. The smallest absolute Gasteiger partial charge is 0.343 e. The minimum atomic E-state index is -1.76. The number of hydrogen-bond donors (Lipinski definition) is 0. The van der Waals surface area contributed by atoms with Gasteiger partial charge in [-0.3, -0.25) is 0 Å². The van der Waals surface area contributed by atoms with Gasteiger partial charge in [-0.2, -0.15) is 0 Å². The van der Waals surface area contributed by atoms with E-state index in [0.29, 0.717) is 6.42 Å². The number of esters is 1. The molecule has 0 saturated carbocycles. The van der Waals surface area contributed by atoms with Gasteiger partial charge in [0, 0.05) is 0 Å². The lowest BCUT2D eigenvalue weighted by Crippen LogP contribution is -2.33. The number of methoxy groups -OCH3 is 1. The van der Waals surface area contributed by atoms with Crippen molar-refractivity contribution in [3.63, 3.8) is 0 Å². The summed E-state index contributed by atoms with van der Waals surface area (Å²) >= 11 is 0. The highest BCUT2D eigenvalue weighted by molar-refractivity contribution is 5.79. The zero-order chi connectivity index (χ0) is 8.91. The summed E-state index contributed by atoms with van der Waals surface area (Å²) < 4.78 is 17.8. The van der Waals surface area contributed by atoms with Gasteiger partial charge in [-0.15, -0.1) is 0 Å². The number of carbonyl (C=O) groups is 1. The van der Waals surface area contributed by atoms with E-state index >= 15 is 0 Å². The average molecular weight is 162 g/mol. The molecular formula is C8H15FO2. The molecule has 0 saturated heterocycles. The molecule has 11 heavy (non-hydrogen) atoms. The maximum absolute atomic E-state index is 13.4. The molecule has 0 N–H and O–H groups in total. The predicted octanol–water partition coefficient (Wildman–Crippen LogP) is 2.08. The lowest BCUT2D eigenvalue weighted by molar-refractivity contribution is -0.155. The Balaban J connectivity index is 4.19. The second kappa shape index (κ2) is 4.31. The molecular weight excluding hydrogens is 147 g/mol. The van der Waals surface area contributed by atoms with Gasteiger partial charge in [-0.25, -0.2) is 9.18 Å². The van der Waals surface area contributed by atoms with Crippen LogP contribution in [0.25, 0.3) is 0 Å². The Morgan fingerprint density at radius 2 is 2.09 bits per heavy atom. The molecule has 0 amide bonds. The summed E-state index contributed by atoms with van der Waals surface area (Å²) in [7, 11) is 1.21. The van der Waals surface area contributed by atoms with Crippen molar-refractivity contribution in [2.75, 3.05) is 7.11 Å². The molecule has 0 aliphatic heterocycles. The van der Waals surface area contributed by atoms with Gasteiger partial charge >= 0.3 is 5.97 Å². The Morgan fingerprint density at radius 3 is 2.36 bits per heavy atom. The Hall–Kier alpha value is -0.600. The predicted molar refractivity (Wildman–Crippen MR) is 41.1 cm³/mol. The quantitative estimate of drug-likeness (QED) is 0.591. The molecule has 0 aliphatic carbocycles. The molecule has 66 valence electrons. The van der Waals surface area contributed by atoms with E-state index in [9.17, 15) is 9.18 Å². The number of hydrogen-bond acceptors (Lipinski definition) is 2. The summed E-state index contributed by atoms with van der Waals surface area (Å²) in [6, 6.07) is 0. The van der Waals surface area contributed by atoms with E-state index in [1.54, 1.807) is 6.92 Å². The fourth-order valence-electron chi connectivity index (χ4n) is 1.00. The number of ether oxygens (including phenoxy) is 1. The first kappa shape index (κ1) is 10.4. The van der Waals surface area contributed by atoms with Crippen LogP contribution in [-0.2, 0) is 9.53 Å². The van der Waals surface area contributed by atoms with Crippen molar-refractivity contribution in [3.05, 3.63) is 0 Å². The van der Waals surface area contributed by atoms with Gasteiger partial charge in [0.25, 0.3) is 0 Å². The van der Waals surface area contributed by atoms with Crippen LogP contribution in [0, 0.1) is 0 Å². The molecule has 0 spiro atoms. The summed E-state index contributed by atoms with van der Waals surface area (Å²) in [5, 5.41) is 0. The average Bonchev–Trinajstić information content (AvgIpc) is 2.03. The van der Waals surface area contributed by atoms with Crippen molar-refractivity contribution >= 4 is 5.97 Å². The topological polar surface area (TPSA) is 26.3 Å². The van der Waals surface area contributed by atoms with Crippen LogP contribution in [0.3, 0.4) is 0 Å². The maximum atomic E-state index is 13.4. The third-order valence-corrected chi connectivity index (χ3v) is 1.76. The van der Waals surface area contributed by atoms with Crippen LogP contribution in [0.2, 0.25) is 0 Å². The lowest BCUT2D eigenvalue weighted by Gasteiger charge is -2.19. The van der Waals surface area contributed by atoms with Gasteiger partial charge in [0.15, 0.2) is 0 Å². The fraction of sp³-hybridized carbons (Fsp3) is 0.875. The van der Waals surface area contributed by atoms with Gasteiger partial charge in [-0.1, -0.05) is 20.3 Å². The summed E-state index contributed by atoms with van der Waals surface area (Å²) in [6.45, 7) is 3.49. The van der Waals surface area contributed by atoms with Crippen LogP contribution in [-0.4, -0.2) is 18.7 Å². The fourth-order valence-corrected chi connectivity index (χ4v) is 1.00. The Kier molecular flexibility index (Phi) is 4.08. The monoisotopic (exact) mass is 162 g/mol. The van der Waals surface area contributed by atoms with Crippen LogP contribution in [0.5, 0.6) is 0 Å². The van der Waals surface area contributed by atoms with Crippen molar-refractivity contribution < 1.29 is 13.9 Å². The summed E-state index contributed by atoms with van der Waals surface area (Å²) in [5.41, 5.74) is -1.76. The van der Waals surface area contributed by atoms with Crippen molar-refractivity contribution in [2.24, 2.45) is 0 Å². The SMILES string of the molecule is CCC[C@](F)(CC)C(=O)OC. The van der Waals surface area contributed by atoms with Crippen LogP contribution in [0.4, 0.5) is 4.39 Å². The van der Waals surface area contributed by atoms with E-state index < -0.39 is 11.6 Å². The largest absolute Gasteiger partial charge is 0.467 e. The molecule has 0 fully saturated rings. The van der Waals surface area contributed by atoms with Gasteiger partial charge in [0.1, 0.15) is 0 Å². The van der Waals surface area contributed by atoms with Crippen LogP contribution >= 0.6 is 0 Å². The zero-order valence-electron chi connectivity index (χ0n) is 7.32. The number of rotatable bonds is 4. The van der Waals surface area contributed by atoms with E-state index in [-0.39, 0.29) is 12.8 Å². The first-order valence-corrected chi connectivity index (χ1v) is 3.88. The molecule has 0 aromatic carbocycles. The standard InChI is InChI=1S/C8H15FO2/c1-4-6-8(9,5-2)7(10)11-3/h4-6H2,1-3H3/t8-/m1/s1. The summed E-state index contributed by atoms with van der Waals surface area (Å²) in [5.74, 6) is -0.748. The molecule has 0 aromatic heterocycles. The van der Waals surface area contributed by atoms with Gasteiger partial charge < -0.3 is 4.74 Å². The lowest BCUT2D eigenvalue weighted by atomic mass is 9.97. The first-order chi connectivity index (χ1) is 5.10. The van der Waals surface area contributed by atoms with Crippen molar-refractivity contribution in [1.29, 1.82) is 0 Å². The van der Waals surface area contributed by atoms with Gasteiger partial charge in [-0.05, 0) is 12.8 Å². The first-order valence-electron chi connectivity index (χ1n) is 3.88. The van der Waals surface area contributed by atoms with Gasteiger partial charge in [0.2, 0.25) is 5.67 Å². The molecule has 0 radical (unpaired) electrons. The molecule has 0 heterocycles. The molecule has 0 unspecified atom stereocenters. The molecule has 0 rings (SSSR count). The normalized spacial score (nSPS) is 15.6. The second-order valence-electron chi connectivity index (χ2n) is 2.56. The van der Waals surface area contributed by atoms with Crippen LogP contribution < -0.4 is 0 Å². The van der Waals surface area contributed by atoms with Crippen LogP contribution in [0.1, 0.15) is 33.1 Å². The second-order valence-corrected chi connectivity index (χ2v) is 2.56. The zero-order valence-corrected chi connectivity index (χ0v) is 7.32. The Bertz CT molecular complexity index is 136. The number of alkyl halides is 1. The number of carbonyl (C=O) groups excluding carboxylic acids is 1. The molecule has 0 aromatic rings. The van der Waals surface area contributed by atoms with Crippen molar-refractivity contribution in [3.8, 4) is 0 Å². The van der Waals surface area contributed by atoms with E-state index in [4.69, 9.17) is 0 Å². The molecule has 1 atom stereocenters. The minimum absolute atomic E-state index is 0.188. The van der Waals surface area contributed by atoms with E-state index in [0.717, 1.165) is 0 Å². The maximum Gasteiger partial charge on any atom is 0.343 e. The highest BCUT2D eigenvalue weighted by Gasteiger charge is 2.36. The van der Waals surface area contributed by atoms with E-state index in [1.807, 2.05) is 6.92 Å². The summed E-state index contributed by atoms with van der Waals surface area (Å²) in [4.78, 5) is 10.9. The van der Waals surface area contributed by atoms with E-state index in [1.165, 1.54) is 7.11 Å². The molecule has 0 bridgehead atoms. The Labute approximate surface area is 66.7 Å². The number of halogens is 1. The van der Waals surface area contributed by atoms with Gasteiger partial charge in [0.05, 0.1) is 7.11 Å². The molecule has 2 nitrogen and oxygen atoms in total.